The van der Waals surface area contributed by atoms with Crippen LogP contribution in [-0.2, 0) is 4.79 Å². The van der Waals surface area contributed by atoms with Crippen LogP contribution in [0.15, 0.2) is 84.9 Å². The summed E-state index contributed by atoms with van der Waals surface area (Å²) in [4.78, 5) is 38.2. The van der Waals surface area contributed by atoms with Gasteiger partial charge in [0.15, 0.2) is 0 Å². The molecule has 3 amide bonds. The molecule has 5 nitrogen and oxygen atoms in total. The molecule has 0 radical (unpaired) electrons. The third-order valence-corrected chi connectivity index (χ3v) is 4.41. The van der Waals surface area contributed by atoms with E-state index in [2.05, 4.69) is 5.32 Å². The third kappa shape index (κ3) is 3.33. The van der Waals surface area contributed by atoms with Crippen LogP contribution >= 0.6 is 0 Å². The predicted molar refractivity (Wildman–Crippen MR) is 108 cm³/mol. The molecule has 3 aromatic rings. The highest BCUT2D eigenvalue weighted by molar-refractivity contribution is 6.34. The van der Waals surface area contributed by atoms with E-state index in [9.17, 15) is 14.4 Å². The molecule has 1 aliphatic heterocycles. The fraction of sp³-hybridized carbons (Fsp3) is 0. The monoisotopic (exact) mass is 368 g/mol. The first kappa shape index (κ1) is 17.4. The van der Waals surface area contributed by atoms with Gasteiger partial charge in [-0.1, -0.05) is 42.5 Å². The molecule has 0 aromatic heterocycles. The maximum atomic E-state index is 12.5. The molecule has 1 aliphatic rings. The summed E-state index contributed by atoms with van der Waals surface area (Å²) in [6, 6.07) is 22.9. The van der Waals surface area contributed by atoms with Gasteiger partial charge in [0.05, 0.1) is 16.8 Å². The molecule has 0 fully saturated rings. The number of hydrogen-bond acceptors (Lipinski definition) is 3. The Morgan fingerprint density at radius 2 is 1.32 bits per heavy atom. The van der Waals surface area contributed by atoms with E-state index in [-0.39, 0.29) is 17.7 Å². The molecular formula is C23H16N2O3. The van der Waals surface area contributed by atoms with E-state index in [1.807, 2.05) is 30.3 Å². The van der Waals surface area contributed by atoms with Gasteiger partial charge in [0.2, 0.25) is 5.91 Å². The zero-order valence-electron chi connectivity index (χ0n) is 14.8. The van der Waals surface area contributed by atoms with Gasteiger partial charge in [-0.3, -0.25) is 14.4 Å². The minimum absolute atomic E-state index is 0.266. The van der Waals surface area contributed by atoms with Gasteiger partial charge in [-0.25, -0.2) is 4.90 Å². The largest absolute Gasteiger partial charge is 0.323 e. The SMILES string of the molecule is O=C(/C=C/c1ccccc1)Nc1ccc(N2C(=O)c3ccccc3C2=O)cc1. The Bertz CT molecular complexity index is 1050. The quantitative estimate of drug-likeness (QED) is 0.556. The van der Waals surface area contributed by atoms with Crippen molar-refractivity contribution in [3.8, 4) is 0 Å². The Kier molecular flexibility index (Phi) is 4.56. The lowest BCUT2D eigenvalue weighted by atomic mass is 10.1. The van der Waals surface area contributed by atoms with Crippen LogP contribution in [0.3, 0.4) is 0 Å². The summed E-state index contributed by atoms with van der Waals surface area (Å²) in [6.45, 7) is 0. The standard InChI is InChI=1S/C23H16N2O3/c26-21(15-10-16-6-2-1-3-7-16)24-17-11-13-18(14-12-17)25-22(27)19-8-4-5-9-20(19)23(25)28/h1-15H,(H,24,26)/b15-10+. The van der Waals surface area contributed by atoms with Crippen molar-refractivity contribution >= 4 is 35.2 Å². The summed E-state index contributed by atoms with van der Waals surface area (Å²) in [5.74, 6) is -0.955. The number of hydrogen-bond donors (Lipinski definition) is 1. The van der Waals surface area contributed by atoms with Crippen molar-refractivity contribution in [1.29, 1.82) is 0 Å². The average Bonchev–Trinajstić information content (AvgIpc) is 2.99. The molecule has 0 aliphatic carbocycles. The zero-order chi connectivity index (χ0) is 19.5. The van der Waals surface area contributed by atoms with E-state index < -0.39 is 0 Å². The second-order valence-corrected chi connectivity index (χ2v) is 6.27. The molecule has 3 aromatic carbocycles. The molecule has 0 saturated carbocycles. The summed E-state index contributed by atoms with van der Waals surface area (Å²) in [6.07, 6.45) is 3.18. The first-order chi connectivity index (χ1) is 13.6. The molecule has 4 rings (SSSR count). The van der Waals surface area contributed by atoms with Crippen LogP contribution in [0.1, 0.15) is 26.3 Å². The van der Waals surface area contributed by atoms with Gasteiger partial charge >= 0.3 is 0 Å². The number of benzene rings is 3. The van der Waals surface area contributed by atoms with Crippen LogP contribution < -0.4 is 10.2 Å². The smallest absolute Gasteiger partial charge is 0.266 e. The molecule has 0 unspecified atom stereocenters. The van der Waals surface area contributed by atoms with Gasteiger partial charge in [-0.15, -0.1) is 0 Å². The maximum absolute atomic E-state index is 12.5. The van der Waals surface area contributed by atoms with Crippen molar-refractivity contribution in [1.82, 2.24) is 0 Å². The molecule has 5 heteroatoms. The normalized spacial score (nSPS) is 13.1. The maximum Gasteiger partial charge on any atom is 0.266 e. The zero-order valence-corrected chi connectivity index (χ0v) is 14.8. The minimum Gasteiger partial charge on any atom is -0.323 e. The second-order valence-electron chi connectivity index (χ2n) is 6.27. The van der Waals surface area contributed by atoms with Gasteiger partial charge in [-0.2, -0.15) is 0 Å². The molecule has 0 bridgehead atoms. The average molecular weight is 368 g/mol. The molecule has 136 valence electrons. The highest BCUT2D eigenvalue weighted by atomic mass is 16.2. The lowest BCUT2D eigenvalue weighted by Gasteiger charge is -2.14. The van der Waals surface area contributed by atoms with E-state index in [1.54, 1.807) is 54.6 Å². The van der Waals surface area contributed by atoms with Crippen LogP contribution in [0.5, 0.6) is 0 Å². The number of anilines is 2. The lowest BCUT2D eigenvalue weighted by Crippen LogP contribution is -2.29. The number of imide groups is 1. The van der Waals surface area contributed by atoms with Gasteiger partial charge < -0.3 is 5.32 Å². The van der Waals surface area contributed by atoms with Crippen LogP contribution in [-0.4, -0.2) is 17.7 Å². The predicted octanol–water partition coefficient (Wildman–Crippen LogP) is 4.14. The highest BCUT2D eigenvalue weighted by Gasteiger charge is 2.36. The Labute approximate surface area is 161 Å². The topological polar surface area (TPSA) is 66.5 Å². The van der Waals surface area contributed by atoms with E-state index in [1.165, 1.54) is 6.08 Å². The number of fused-ring (bicyclic) bond motifs is 1. The number of rotatable bonds is 4. The number of carbonyl (C=O) groups is 3. The van der Waals surface area contributed by atoms with Crippen molar-refractivity contribution in [3.05, 3.63) is 102 Å². The Balaban J connectivity index is 1.46. The third-order valence-electron chi connectivity index (χ3n) is 4.41. The van der Waals surface area contributed by atoms with E-state index in [0.717, 1.165) is 10.5 Å². The molecule has 28 heavy (non-hydrogen) atoms. The Hall–Kier alpha value is -3.99. The number of carbonyl (C=O) groups excluding carboxylic acids is 3. The van der Waals surface area contributed by atoms with Gasteiger partial charge in [0, 0.05) is 11.8 Å². The number of nitrogens with zero attached hydrogens (tertiary/aromatic N) is 1. The van der Waals surface area contributed by atoms with Crippen molar-refractivity contribution in [2.45, 2.75) is 0 Å². The van der Waals surface area contributed by atoms with Gasteiger partial charge in [-0.05, 0) is 48.0 Å². The Morgan fingerprint density at radius 1 is 0.750 bits per heavy atom. The van der Waals surface area contributed by atoms with Crippen LogP contribution in [0.2, 0.25) is 0 Å². The molecule has 1 N–H and O–H groups in total. The fourth-order valence-corrected chi connectivity index (χ4v) is 3.04. The Morgan fingerprint density at radius 3 is 1.93 bits per heavy atom. The molecular weight excluding hydrogens is 352 g/mol. The lowest BCUT2D eigenvalue weighted by molar-refractivity contribution is -0.111. The minimum atomic E-state index is -0.344. The molecule has 0 atom stereocenters. The number of nitrogens with one attached hydrogen (secondary N) is 1. The summed E-state index contributed by atoms with van der Waals surface area (Å²) in [5, 5.41) is 2.76. The van der Waals surface area contributed by atoms with Gasteiger partial charge in [0.25, 0.3) is 11.8 Å². The van der Waals surface area contributed by atoms with Crippen LogP contribution in [0.25, 0.3) is 6.08 Å². The summed E-state index contributed by atoms with van der Waals surface area (Å²) >= 11 is 0. The second kappa shape index (κ2) is 7.32. The molecule has 0 saturated heterocycles. The van der Waals surface area contributed by atoms with Crippen molar-refractivity contribution in [2.24, 2.45) is 0 Å². The van der Waals surface area contributed by atoms with E-state index >= 15 is 0 Å². The van der Waals surface area contributed by atoms with Crippen molar-refractivity contribution in [3.63, 3.8) is 0 Å². The van der Waals surface area contributed by atoms with E-state index in [0.29, 0.717) is 22.5 Å². The molecule has 0 spiro atoms. The fourth-order valence-electron chi connectivity index (χ4n) is 3.04. The van der Waals surface area contributed by atoms with Crippen LogP contribution in [0, 0.1) is 0 Å². The molecule has 1 heterocycles. The summed E-state index contributed by atoms with van der Waals surface area (Å²) < 4.78 is 0. The van der Waals surface area contributed by atoms with E-state index in [4.69, 9.17) is 0 Å². The first-order valence-corrected chi connectivity index (χ1v) is 8.75. The number of amides is 3. The summed E-state index contributed by atoms with van der Waals surface area (Å²) in [7, 11) is 0. The van der Waals surface area contributed by atoms with Crippen molar-refractivity contribution in [2.75, 3.05) is 10.2 Å². The first-order valence-electron chi connectivity index (χ1n) is 8.75. The summed E-state index contributed by atoms with van der Waals surface area (Å²) in [5.41, 5.74) is 2.76. The van der Waals surface area contributed by atoms with Crippen LogP contribution in [0.4, 0.5) is 11.4 Å². The van der Waals surface area contributed by atoms with Crippen molar-refractivity contribution < 1.29 is 14.4 Å². The highest BCUT2D eigenvalue weighted by Crippen LogP contribution is 2.28. The van der Waals surface area contributed by atoms with Gasteiger partial charge in [0.1, 0.15) is 0 Å².